The first-order valence-electron chi connectivity index (χ1n) is 10.5. The second-order valence-corrected chi connectivity index (χ2v) is 9.04. The van der Waals surface area contributed by atoms with E-state index in [4.69, 9.17) is 0 Å². The minimum Gasteiger partial charge on any atom is -0.317 e. The van der Waals surface area contributed by atoms with Crippen molar-refractivity contribution in [3.8, 4) is 0 Å². The van der Waals surface area contributed by atoms with Gasteiger partial charge in [-0.05, 0) is 69.5 Å². The van der Waals surface area contributed by atoms with Crippen LogP contribution in [0.2, 0.25) is 0 Å². The summed E-state index contributed by atoms with van der Waals surface area (Å²) in [6.45, 7) is 6.26. The monoisotopic (exact) mass is 328 g/mol. The minimum absolute atomic E-state index is 0.528. The summed E-state index contributed by atoms with van der Waals surface area (Å²) in [4.78, 5) is 2.80. The molecule has 0 radical (unpaired) electrons. The fourth-order valence-electron chi connectivity index (χ4n) is 5.99. The highest BCUT2D eigenvalue weighted by Gasteiger charge is 2.58. The Morgan fingerprint density at radius 3 is 2.62 bits per heavy atom. The standard InChI is InChI=1S/C22H36N2/c1-17-8-9-19-15-22(19,14-17)21(18-6-4-3-5-7-18)16-24-12-10-20(23-2)11-13-24/h8-9,14,18-21,23H,3-7,10-13,15-16H2,1-2H3. The van der Waals surface area contributed by atoms with Gasteiger partial charge >= 0.3 is 0 Å². The molecule has 2 heteroatoms. The molecule has 1 heterocycles. The van der Waals surface area contributed by atoms with Crippen LogP contribution in [0.5, 0.6) is 0 Å². The molecule has 1 saturated heterocycles. The van der Waals surface area contributed by atoms with Gasteiger partial charge in [0.1, 0.15) is 0 Å². The van der Waals surface area contributed by atoms with Gasteiger partial charge in [0.05, 0.1) is 0 Å². The van der Waals surface area contributed by atoms with Crippen LogP contribution in [0.25, 0.3) is 0 Å². The summed E-state index contributed by atoms with van der Waals surface area (Å²) in [5, 5.41) is 3.48. The van der Waals surface area contributed by atoms with Gasteiger partial charge in [0, 0.05) is 12.6 Å². The third-order valence-corrected chi connectivity index (χ3v) is 7.55. The number of allylic oxidation sites excluding steroid dienone is 4. The van der Waals surface area contributed by atoms with Crippen LogP contribution in [0.15, 0.2) is 23.8 Å². The highest BCUT2D eigenvalue weighted by atomic mass is 15.1. The van der Waals surface area contributed by atoms with Crippen molar-refractivity contribution in [2.24, 2.45) is 23.2 Å². The Labute approximate surface area is 148 Å². The number of piperidine rings is 1. The van der Waals surface area contributed by atoms with Crippen LogP contribution in [0.1, 0.15) is 58.3 Å². The molecule has 2 saturated carbocycles. The molecule has 3 aliphatic carbocycles. The lowest BCUT2D eigenvalue weighted by atomic mass is 9.69. The van der Waals surface area contributed by atoms with Crippen molar-refractivity contribution < 1.29 is 0 Å². The van der Waals surface area contributed by atoms with Crippen molar-refractivity contribution in [2.45, 2.75) is 64.3 Å². The zero-order valence-electron chi connectivity index (χ0n) is 15.8. The lowest BCUT2D eigenvalue weighted by molar-refractivity contribution is 0.0985. The van der Waals surface area contributed by atoms with Gasteiger partial charge in [0.15, 0.2) is 0 Å². The van der Waals surface area contributed by atoms with Gasteiger partial charge < -0.3 is 10.2 Å². The van der Waals surface area contributed by atoms with Gasteiger partial charge in [-0.1, -0.05) is 55.9 Å². The first-order valence-corrected chi connectivity index (χ1v) is 10.5. The molecule has 1 aliphatic heterocycles. The molecule has 1 N–H and O–H groups in total. The molecule has 2 nitrogen and oxygen atoms in total. The maximum atomic E-state index is 3.48. The fourth-order valence-corrected chi connectivity index (χ4v) is 5.99. The summed E-state index contributed by atoms with van der Waals surface area (Å²) in [5.41, 5.74) is 2.04. The van der Waals surface area contributed by atoms with E-state index in [2.05, 4.69) is 42.4 Å². The number of nitrogens with zero attached hydrogens (tertiary/aromatic N) is 1. The number of rotatable bonds is 5. The van der Waals surface area contributed by atoms with Gasteiger partial charge in [-0.25, -0.2) is 0 Å². The maximum Gasteiger partial charge on any atom is 0.00884 e. The first-order chi connectivity index (χ1) is 11.7. The second-order valence-electron chi connectivity index (χ2n) is 9.04. The van der Waals surface area contributed by atoms with E-state index in [1.807, 2.05) is 0 Å². The average molecular weight is 329 g/mol. The van der Waals surface area contributed by atoms with E-state index in [9.17, 15) is 0 Å². The quantitative estimate of drug-likeness (QED) is 0.805. The summed E-state index contributed by atoms with van der Waals surface area (Å²) < 4.78 is 0. The molecule has 3 atom stereocenters. The average Bonchev–Trinajstić information content (AvgIpc) is 3.35. The van der Waals surface area contributed by atoms with E-state index in [1.165, 1.54) is 76.6 Å². The maximum absolute atomic E-state index is 3.48. The second kappa shape index (κ2) is 6.96. The van der Waals surface area contributed by atoms with Crippen LogP contribution in [-0.2, 0) is 0 Å². The molecular weight excluding hydrogens is 292 g/mol. The van der Waals surface area contributed by atoms with Crippen molar-refractivity contribution in [1.82, 2.24) is 10.2 Å². The summed E-state index contributed by atoms with van der Waals surface area (Å²) in [6, 6.07) is 0.751. The van der Waals surface area contributed by atoms with E-state index in [0.29, 0.717) is 5.41 Å². The molecule has 3 unspecified atom stereocenters. The SMILES string of the molecule is CNC1CCN(CC(C2CCCCC2)C23C=C(C)C=CC2C3)CC1. The lowest BCUT2D eigenvalue weighted by Crippen LogP contribution is -2.45. The van der Waals surface area contributed by atoms with E-state index < -0.39 is 0 Å². The molecular formula is C22H36N2. The van der Waals surface area contributed by atoms with Crippen molar-refractivity contribution in [3.63, 3.8) is 0 Å². The summed E-state index contributed by atoms with van der Waals surface area (Å²) in [7, 11) is 2.13. The number of fused-ring (bicyclic) bond motifs is 1. The molecule has 24 heavy (non-hydrogen) atoms. The van der Waals surface area contributed by atoms with Crippen molar-refractivity contribution >= 4 is 0 Å². The van der Waals surface area contributed by atoms with E-state index >= 15 is 0 Å². The predicted octanol–water partition coefficient (Wildman–Crippen LogP) is 4.39. The number of hydrogen-bond acceptors (Lipinski definition) is 2. The Kier molecular flexibility index (Phi) is 4.88. The van der Waals surface area contributed by atoms with E-state index in [-0.39, 0.29) is 0 Å². The van der Waals surface area contributed by atoms with Crippen LogP contribution in [0.3, 0.4) is 0 Å². The van der Waals surface area contributed by atoms with Crippen LogP contribution < -0.4 is 5.32 Å². The topological polar surface area (TPSA) is 15.3 Å². The van der Waals surface area contributed by atoms with Gasteiger partial charge in [-0.15, -0.1) is 0 Å². The molecule has 0 bridgehead atoms. The molecule has 0 aromatic heterocycles. The number of likely N-dealkylation sites (tertiary alicyclic amines) is 1. The van der Waals surface area contributed by atoms with Crippen LogP contribution >= 0.6 is 0 Å². The van der Waals surface area contributed by atoms with Crippen LogP contribution in [-0.4, -0.2) is 37.6 Å². The van der Waals surface area contributed by atoms with Crippen LogP contribution in [0.4, 0.5) is 0 Å². The van der Waals surface area contributed by atoms with Gasteiger partial charge in [0.2, 0.25) is 0 Å². The zero-order valence-corrected chi connectivity index (χ0v) is 15.8. The Balaban J connectivity index is 1.48. The van der Waals surface area contributed by atoms with Gasteiger partial charge in [-0.2, -0.15) is 0 Å². The van der Waals surface area contributed by atoms with E-state index in [0.717, 1.165) is 23.8 Å². The number of hydrogen-bond donors (Lipinski definition) is 1. The van der Waals surface area contributed by atoms with Gasteiger partial charge in [-0.3, -0.25) is 0 Å². The Bertz CT molecular complexity index is 494. The lowest BCUT2D eigenvalue weighted by Gasteiger charge is -2.41. The third kappa shape index (κ3) is 3.24. The van der Waals surface area contributed by atoms with Crippen molar-refractivity contribution in [2.75, 3.05) is 26.7 Å². The van der Waals surface area contributed by atoms with E-state index in [1.54, 1.807) is 0 Å². The van der Waals surface area contributed by atoms with Gasteiger partial charge in [0.25, 0.3) is 0 Å². The van der Waals surface area contributed by atoms with Crippen molar-refractivity contribution in [3.05, 3.63) is 23.8 Å². The first kappa shape index (κ1) is 16.8. The third-order valence-electron chi connectivity index (χ3n) is 7.55. The molecule has 4 aliphatic rings. The molecule has 4 rings (SSSR count). The molecule has 0 amide bonds. The van der Waals surface area contributed by atoms with Crippen molar-refractivity contribution in [1.29, 1.82) is 0 Å². The Morgan fingerprint density at radius 2 is 1.92 bits per heavy atom. The molecule has 3 fully saturated rings. The predicted molar refractivity (Wildman–Crippen MR) is 102 cm³/mol. The summed E-state index contributed by atoms with van der Waals surface area (Å²) >= 11 is 0. The highest BCUT2D eigenvalue weighted by molar-refractivity contribution is 5.36. The molecule has 0 aromatic carbocycles. The summed E-state index contributed by atoms with van der Waals surface area (Å²) in [5.74, 6) is 2.72. The summed E-state index contributed by atoms with van der Waals surface area (Å²) in [6.07, 6.45) is 19.1. The smallest absolute Gasteiger partial charge is 0.00884 e. The molecule has 0 spiro atoms. The molecule has 134 valence electrons. The van der Waals surface area contributed by atoms with Crippen LogP contribution in [0, 0.1) is 23.2 Å². The fraction of sp³-hybridized carbons (Fsp3) is 0.818. The zero-order chi connectivity index (χ0) is 16.6. The Hall–Kier alpha value is -0.600. The largest absolute Gasteiger partial charge is 0.317 e. The Morgan fingerprint density at radius 1 is 1.17 bits per heavy atom. The normalized spacial score (nSPS) is 36.2. The molecule has 0 aromatic rings. The number of nitrogens with one attached hydrogen (secondary N) is 1. The highest BCUT2D eigenvalue weighted by Crippen LogP contribution is 2.64. The minimum atomic E-state index is 0.528.